The fourth-order valence-electron chi connectivity index (χ4n) is 3.12. The summed E-state index contributed by atoms with van der Waals surface area (Å²) in [6.45, 7) is 0. The highest BCUT2D eigenvalue weighted by Crippen LogP contribution is 2.79. The molecule has 0 N–H and O–H groups in total. The van der Waals surface area contributed by atoms with Crippen molar-refractivity contribution in [3.63, 3.8) is 0 Å². The lowest BCUT2D eigenvalue weighted by molar-refractivity contribution is 0.392. The third-order valence-electron chi connectivity index (χ3n) is 6.63. The SMILES string of the molecule is ClC(Cl)(Cl)C(Cl)(Cl)C(Cl)(Cl)C(Cl)(Cl)C(Cl)(Cl)C(Cl)(Cl)C(Cl)(Cl)C(Cl)(Cl)C(Cl)(Cl)C(Cl)(Cl)C(Cl)(Cl)C(Cl)(Cl)C(Cl)(Cl)C(Cl)(Cl)C(Cl)(Cl)C(Cl)(Cl)C(Cl)(Cl)C(Cl)(Cl)Cl. The normalized spacial score (nSPS) is 17.5. The first-order valence-electron chi connectivity index (χ1n) is 11.4. The summed E-state index contributed by atoms with van der Waals surface area (Å²) < 4.78 is -61.9. The van der Waals surface area contributed by atoms with Gasteiger partial charge in [-0.05, 0) is 0 Å². The molecule has 338 valence electrons. The largest absolute Gasteiger partial charge is 0.226 e. The van der Waals surface area contributed by atoms with Gasteiger partial charge in [-0.3, -0.25) is 0 Å². The quantitative estimate of drug-likeness (QED) is 0.143. The second kappa shape index (κ2) is 19.7. The van der Waals surface area contributed by atoms with Crippen LogP contribution in [0.5, 0.6) is 0 Å². The molecule has 0 fully saturated rings. The molecule has 0 aromatic carbocycles. The van der Waals surface area contributed by atoms with Crippen molar-refractivity contribution in [1.82, 2.24) is 0 Å². The molecular formula is C18Cl38. The molecule has 0 aliphatic carbocycles. The molecule has 38 heteroatoms. The fourth-order valence-corrected chi connectivity index (χ4v) is 15.8. The predicted molar refractivity (Wildman–Crippen MR) is 272 cm³/mol. The molecule has 0 nitrogen and oxygen atoms in total. The first-order valence-corrected chi connectivity index (χ1v) is 25.8. The Kier molecular flexibility index (Phi) is 23.6. The number of halogens is 38. The van der Waals surface area contributed by atoms with Crippen LogP contribution in [0.25, 0.3) is 0 Å². The highest BCUT2D eigenvalue weighted by Gasteiger charge is 2.88. The van der Waals surface area contributed by atoms with Crippen LogP contribution in [0.4, 0.5) is 0 Å². The topological polar surface area (TPSA) is 0 Å². The van der Waals surface area contributed by atoms with Crippen molar-refractivity contribution in [1.29, 1.82) is 0 Å². The monoisotopic (exact) mass is 1540 g/mol. The molecule has 0 saturated carbocycles. The van der Waals surface area contributed by atoms with E-state index in [1.807, 2.05) is 0 Å². The first kappa shape index (κ1) is 67.0. The molecule has 0 aliphatic heterocycles. The molecule has 56 heavy (non-hydrogen) atoms. The Bertz CT molecular complexity index is 1320. The molecule has 0 rings (SSSR count). The molecule has 0 spiro atoms. The molecule has 0 aliphatic rings. The van der Waals surface area contributed by atoms with E-state index in [1.54, 1.807) is 0 Å². The summed E-state index contributed by atoms with van der Waals surface area (Å²) in [6, 6.07) is 0. The van der Waals surface area contributed by atoms with E-state index in [1.165, 1.54) is 0 Å². The Labute approximate surface area is 508 Å². The van der Waals surface area contributed by atoms with Crippen molar-refractivity contribution < 1.29 is 0 Å². The van der Waals surface area contributed by atoms with E-state index in [9.17, 15) is 0 Å². The molecule has 0 saturated heterocycles. The van der Waals surface area contributed by atoms with Gasteiger partial charge in [0.15, 0.2) is 60.7 Å². The predicted octanol–water partition coefficient (Wildman–Crippen LogP) is 22.5. The standard InChI is InChI=1S/C18Cl38/c19-1(20,3(23,24)5(27,28)7(31,32)9(35,36)11(39,40)13(43,44)15(47,48)17(51,52)53)2(21,22)4(25,26)6(29,30)8(33,34)10(37,38)12(41,42)14(45,46)16(49,50)18(54,55)56. The zero-order valence-electron chi connectivity index (χ0n) is 23.4. The van der Waals surface area contributed by atoms with Crippen molar-refractivity contribution in [2.24, 2.45) is 0 Å². The molecule has 0 bridgehead atoms. The minimum atomic E-state index is -3.71. The van der Waals surface area contributed by atoms with Crippen molar-refractivity contribution in [3.8, 4) is 0 Å². The lowest BCUT2D eigenvalue weighted by Crippen LogP contribution is -2.76. The summed E-state index contributed by atoms with van der Waals surface area (Å²) in [6.07, 6.45) is 0. The van der Waals surface area contributed by atoms with Gasteiger partial charge in [0, 0.05) is 0 Å². The van der Waals surface area contributed by atoms with Crippen molar-refractivity contribution in [2.45, 2.75) is 76.9 Å². The number of hydrogen-bond donors (Lipinski definition) is 0. The van der Waals surface area contributed by atoms with E-state index in [-0.39, 0.29) is 0 Å². The zero-order valence-corrected chi connectivity index (χ0v) is 52.1. The van der Waals surface area contributed by atoms with Gasteiger partial charge in [0.1, 0.15) is 0 Å². The van der Waals surface area contributed by atoms with Crippen molar-refractivity contribution in [3.05, 3.63) is 0 Å². The smallest absolute Gasteiger partial charge is 0.0946 e. The van der Waals surface area contributed by atoms with Crippen LogP contribution in [0.1, 0.15) is 0 Å². The van der Waals surface area contributed by atoms with Gasteiger partial charge < -0.3 is 0 Å². The third kappa shape index (κ3) is 9.91. The van der Waals surface area contributed by atoms with Crippen LogP contribution in [0, 0.1) is 0 Å². The van der Waals surface area contributed by atoms with Crippen LogP contribution in [-0.4, -0.2) is 76.9 Å². The Balaban J connectivity index is 7.85. The van der Waals surface area contributed by atoms with Gasteiger partial charge in [-0.25, -0.2) is 0 Å². The highest BCUT2D eigenvalue weighted by atomic mass is 35.6. The summed E-state index contributed by atoms with van der Waals surface area (Å²) in [5, 5.41) is 0. The van der Waals surface area contributed by atoms with Crippen LogP contribution in [-0.2, 0) is 0 Å². The average Bonchev–Trinajstić information content (AvgIpc) is 2.94. The van der Waals surface area contributed by atoms with Gasteiger partial charge in [-0.1, -0.05) is 441 Å². The Morgan fingerprint density at radius 1 is 0.0893 bits per heavy atom. The first-order chi connectivity index (χ1) is 23.2. The summed E-state index contributed by atoms with van der Waals surface area (Å²) in [5.74, 6) is 0. The van der Waals surface area contributed by atoms with Crippen LogP contribution in [0.15, 0.2) is 0 Å². The van der Waals surface area contributed by atoms with E-state index >= 15 is 0 Å². The Morgan fingerprint density at radius 3 is 0.196 bits per heavy atom. The van der Waals surface area contributed by atoms with Gasteiger partial charge in [0.25, 0.3) is 0 Å². The summed E-state index contributed by atoms with van der Waals surface area (Å²) in [7, 11) is 0. The number of alkyl halides is 38. The van der Waals surface area contributed by atoms with Crippen LogP contribution in [0.2, 0.25) is 0 Å². The van der Waals surface area contributed by atoms with Crippen molar-refractivity contribution in [2.75, 3.05) is 0 Å². The minimum Gasteiger partial charge on any atom is -0.0946 e. The second-order valence-electron chi connectivity index (χ2n) is 10.2. The molecule has 0 atom stereocenters. The van der Waals surface area contributed by atoms with E-state index < -0.39 is 76.9 Å². The number of hydrogen-bond acceptors (Lipinski definition) is 0. The van der Waals surface area contributed by atoms with Gasteiger partial charge >= 0.3 is 0 Å². The highest BCUT2D eigenvalue weighted by molar-refractivity contribution is 6.87. The Hall–Kier alpha value is 11.0. The molecular weight excluding hydrogens is 1560 g/mol. The van der Waals surface area contributed by atoms with Crippen LogP contribution in [0.3, 0.4) is 0 Å². The summed E-state index contributed by atoms with van der Waals surface area (Å²) in [4.78, 5) is 0. The lowest BCUT2D eigenvalue weighted by Gasteiger charge is -2.59. The molecule has 0 heterocycles. The Morgan fingerprint density at radius 2 is 0.143 bits per heavy atom. The minimum absolute atomic E-state index is 2.87. The maximum absolute atomic E-state index is 6.57. The van der Waals surface area contributed by atoms with E-state index in [2.05, 4.69) is 0 Å². The van der Waals surface area contributed by atoms with Gasteiger partial charge in [-0.15, -0.1) is 0 Å². The van der Waals surface area contributed by atoms with E-state index in [0.29, 0.717) is 0 Å². The molecule has 0 radical (unpaired) electrons. The van der Waals surface area contributed by atoms with E-state index in [4.69, 9.17) is 441 Å². The van der Waals surface area contributed by atoms with Crippen LogP contribution < -0.4 is 0 Å². The maximum Gasteiger partial charge on any atom is 0.226 e. The zero-order chi connectivity index (χ0) is 47.0. The molecule has 0 unspecified atom stereocenters. The van der Waals surface area contributed by atoms with Gasteiger partial charge in [-0.2, -0.15) is 0 Å². The molecule has 0 amide bonds. The number of rotatable bonds is 15. The van der Waals surface area contributed by atoms with E-state index in [0.717, 1.165) is 0 Å². The maximum atomic E-state index is 6.57. The second-order valence-corrected chi connectivity index (χ2v) is 36.0. The summed E-state index contributed by atoms with van der Waals surface area (Å²) >= 11 is 241. The molecule has 0 aromatic heterocycles. The van der Waals surface area contributed by atoms with Crippen LogP contribution >= 0.6 is 441 Å². The lowest BCUT2D eigenvalue weighted by atomic mass is 9.96. The van der Waals surface area contributed by atoms with Gasteiger partial charge in [0.2, 0.25) is 16.3 Å². The fraction of sp³-hybridized carbons (Fsp3) is 1.00. The van der Waals surface area contributed by atoms with Crippen molar-refractivity contribution >= 4 is 441 Å². The summed E-state index contributed by atoms with van der Waals surface area (Å²) in [5.41, 5.74) is 0. The van der Waals surface area contributed by atoms with Gasteiger partial charge in [0.05, 0.1) is 0 Å². The third-order valence-corrected chi connectivity index (χ3v) is 33.4. The average molecular weight is 1560 g/mol. The molecule has 0 aromatic rings.